The molecule has 0 aromatic carbocycles. The van der Waals surface area contributed by atoms with Gasteiger partial charge >= 0.3 is 0 Å². The molecule has 1 fully saturated rings. The van der Waals surface area contributed by atoms with Crippen molar-refractivity contribution < 1.29 is 9.84 Å². The summed E-state index contributed by atoms with van der Waals surface area (Å²) < 4.78 is 5.34. The van der Waals surface area contributed by atoms with E-state index in [4.69, 9.17) is 10.5 Å². The van der Waals surface area contributed by atoms with Gasteiger partial charge in [0.1, 0.15) is 12.0 Å². The lowest BCUT2D eigenvalue weighted by Gasteiger charge is -2.27. The van der Waals surface area contributed by atoms with Crippen LogP contribution in [0.15, 0.2) is 6.33 Å². The number of nitrogen functional groups attached to an aromatic ring is 1. The molecule has 1 aromatic rings. The second-order valence-corrected chi connectivity index (χ2v) is 5.09. The average molecular weight is 266 g/mol. The molecule has 1 aromatic heterocycles. The molecule has 0 saturated heterocycles. The Hall–Kier alpha value is -1.56. The molecule has 0 unspecified atom stereocenters. The molecule has 1 aliphatic carbocycles. The zero-order valence-electron chi connectivity index (χ0n) is 11.4. The van der Waals surface area contributed by atoms with Gasteiger partial charge in [-0.15, -0.1) is 0 Å². The summed E-state index contributed by atoms with van der Waals surface area (Å²) in [5.74, 6) is 0.989. The van der Waals surface area contributed by atoms with Crippen molar-refractivity contribution in [2.24, 2.45) is 5.41 Å². The molecule has 1 aliphatic rings. The average Bonchev–Trinajstić information content (AvgIpc) is 2.89. The van der Waals surface area contributed by atoms with Gasteiger partial charge in [0.25, 0.3) is 0 Å². The molecule has 0 atom stereocenters. The van der Waals surface area contributed by atoms with Crippen LogP contribution in [0.4, 0.5) is 11.5 Å². The van der Waals surface area contributed by atoms with Crippen molar-refractivity contribution in [1.82, 2.24) is 9.97 Å². The van der Waals surface area contributed by atoms with Gasteiger partial charge < -0.3 is 20.9 Å². The monoisotopic (exact) mass is 266 g/mol. The Kier molecular flexibility index (Phi) is 4.42. The predicted octanol–water partition coefficient (Wildman–Crippen LogP) is 1.42. The zero-order chi connectivity index (χ0) is 13.7. The van der Waals surface area contributed by atoms with E-state index in [1.807, 2.05) is 6.92 Å². The predicted molar refractivity (Wildman–Crippen MR) is 74.1 cm³/mol. The molecule has 6 nitrogen and oxygen atoms in total. The number of hydrogen-bond acceptors (Lipinski definition) is 6. The first-order valence-electron chi connectivity index (χ1n) is 6.79. The van der Waals surface area contributed by atoms with Crippen molar-refractivity contribution in [1.29, 1.82) is 0 Å². The minimum Gasteiger partial charge on any atom is -0.476 e. The molecule has 0 aliphatic heterocycles. The molecule has 2 rings (SSSR count). The van der Waals surface area contributed by atoms with Gasteiger partial charge in [0.05, 0.1) is 13.2 Å². The number of nitrogens with zero attached hydrogens (tertiary/aromatic N) is 2. The number of aromatic nitrogens is 2. The van der Waals surface area contributed by atoms with Gasteiger partial charge in [-0.05, 0) is 19.8 Å². The number of ether oxygens (including phenoxy) is 1. The maximum atomic E-state index is 9.57. The number of anilines is 2. The lowest BCUT2D eigenvalue weighted by Crippen LogP contribution is -2.31. The van der Waals surface area contributed by atoms with Crippen LogP contribution in [0.1, 0.15) is 32.6 Å². The molecular formula is C13H22N4O2. The molecule has 19 heavy (non-hydrogen) atoms. The van der Waals surface area contributed by atoms with E-state index in [0.717, 1.165) is 12.8 Å². The number of nitrogens with two attached hydrogens (primary N) is 1. The van der Waals surface area contributed by atoms with E-state index in [9.17, 15) is 5.11 Å². The largest absolute Gasteiger partial charge is 0.476 e. The first-order valence-corrected chi connectivity index (χ1v) is 6.79. The molecule has 0 spiro atoms. The van der Waals surface area contributed by atoms with Crippen LogP contribution in [0, 0.1) is 5.41 Å². The topological polar surface area (TPSA) is 93.3 Å². The Morgan fingerprint density at radius 3 is 2.79 bits per heavy atom. The Morgan fingerprint density at radius 1 is 1.42 bits per heavy atom. The van der Waals surface area contributed by atoms with Crippen LogP contribution < -0.4 is 15.8 Å². The lowest BCUT2D eigenvalue weighted by molar-refractivity contribution is 0.142. The summed E-state index contributed by atoms with van der Waals surface area (Å²) in [7, 11) is 0. The van der Waals surface area contributed by atoms with E-state index in [2.05, 4.69) is 15.3 Å². The third-order valence-corrected chi connectivity index (χ3v) is 3.76. The molecule has 1 heterocycles. The van der Waals surface area contributed by atoms with Gasteiger partial charge in [-0.2, -0.15) is 4.98 Å². The summed E-state index contributed by atoms with van der Waals surface area (Å²) in [5, 5.41) is 12.8. The quantitative estimate of drug-likeness (QED) is 0.721. The fourth-order valence-corrected chi connectivity index (χ4v) is 2.56. The third kappa shape index (κ3) is 3.07. The van der Waals surface area contributed by atoms with Crippen LogP contribution in [0.25, 0.3) is 0 Å². The summed E-state index contributed by atoms with van der Waals surface area (Å²) in [6, 6.07) is 0. The van der Waals surface area contributed by atoms with Crippen molar-refractivity contribution in [2.45, 2.75) is 32.6 Å². The number of nitrogens with one attached hydrogen (secondary N) is 1. The van der Waals surface area contributed by atoms with Gasteiger partial charge in [0.15, 0.2) is 5.82 Å². The molecule has 4 N–H and O–H groups in total. The summed E-state index contributed by atoms with van der Waals surface area (Å²) in [6.45, 7) is 3.27. The third-order valence-electron chi connectivity index (χ3n) is 3.76. The normalized spacial score (nSPS) is 17.4. The maximum absolute atomic E-state index is 9.57. The van der Waals surface area contributed by atoms with E-state index in [1.54, 1.807) is 0 Å². The Morgan fingerprint density at radius 2 is 2.16 bits per heavy atom. The zero-order valence-corrected chi connectivity index (χ0v) is 11.4. The van der Waals surface area contributed by atoms with Crippen LogP contribution in [0.5, 0.6) is 5.88 Å². The highest BCUT2D eigenvalue weighted by Crippen LogP contribution is 2.38. The minimum atomic E-state index is -0.0385. The second kappa shape index (κ2) is 6.06. The highest BCUT2D eigenvalue weighted by atomic mass is 16.5. The standard InChI is InChI=1S/C13H22N4O2/c1-2-19-12-10(14)11(16-9-17-12)15-7-13(8-18)5-3-4-6-13/h9,18H,2-8,14H2,1H3,(H,15,16,17). The highest BCUT2D eigenvalue weighted by Gasteiger charge is 2.33. The molecule has 0 radical (unpaired) electrons. The maximum Gasteiger partial charge on any atom is 0.242 e. The van der Waals surface area contributed by atoms with E-state index in [-0.39, 0.29) is 12.0 Å². The van der Waals surface area contributed by atoms with Gasteiger partial charge in [-0.25, -0.2) is 4.98 Å². The first kappa shape index (κ1) is 13.9. The Balaban J connectivity index is 2.04. The smallest absolute Gasteiger partial charge is 0.242 e. The summed E-state index contributed by atoms with van der Waals surface area (Å²) in [5.41, 5.74) is 6.35. The van der Waals surface area contributed by atoms with Crippen LogP contribution >= 0.6 is 0 Å². The molecular weight excluding hydrogens is 244 g/mol. The minimum absolute atomic E-state index is 0.0385. The Labute approximate surface area is 113 Å². The SMILES string of the molecule is CCOc1ncnc(NCC2(CO)CCCC2)c1N. The lowest BCUT2D eigenvalue weighted by atomic mass is 9.87. The number of hydrogen-bond donors (Lipinski definition) is 3. The first-order chi connectivity index (χ1) is 9.21. The van der Waals surface area contributed by atoms with Crippen molar-refractivity contribution in [2.75, 3.05) is 30.8 Å². The van der Waals surface area contributed by atoms with Gasteiger partial charge in [-0.3, -0.25) is 0 Å². The molecule has 0 amide bonds. The number of rotatable bonds is 6. The van der Waals surface area contributed by atoms with E-state index in [0.29, 0.717) is 30.5 Å². The molecule has 1 saturated carbocycles. The van der Waals surface area contributed by atoms with Crippen LogP contribution in [-0.2, 0) is 0 Å². The van der Waals surface area contributed by atoms with Crippen molar-refractivity contribution in [3.63, 3.8) is 0 Å². The van der Waals surface area contributed by atoms with Crippen molar-refractivity contribution in [3.05, 3.63) is 6.33 Å². The second-order valence-electron chi connectivity index (χ2n) is 5.09. The van der Waals surface area contributed by atoms with E-state index in [1.165, 1.54) is 19.2 Å². The fraction of sp³-hybridized carbons (Fsp3) is 0.692. The summed E-state index contributed by atoms with van der Waals surface area (Å²) in [4.78, 5) is 8.14. The van der Waals surface area contributed by atoms with Crippen molar-refractivity contribution >= 4 is 11.5 Å². The molecule has 106 valence electrons. The highest BCUT2D eigenvalue weighted by molar-refractivity contribution is 5.66. The van der Waals surface area contributed by atoms with Crippen LogP contribution in [-0.4, -0.2) is 34.8 Å². The van der Waals surface area contributed by atoms with Crippen LogP contribution in [0.3, 0.4) is 0 Å². The molecule has 0 bridgehead atoms. The number of aliphatic hydroxyl groups is 1. The van der Waals surface area contributed by atoms with Gasteiger partial charge in [-0.1, -0.05) is 12.8 Å². The fourth-order valence-electron chi connectivity index (χ4n) is 2.56. The Bertz CT molecular complexity index is 419. The molecule has 6 heteroatoms. The summed E-state index contributed by atoms with van der Waals surface area (Å²) in [6.07, 6.45) is 5.86. The summed E-state index contributed by atoms with van der Waals surface area (Å²) >= 11 is 0. The van der Waals surface area contributed by atoms with E-state index >= 15 is 0 Å². The van der Waals surface area contributed by atoms with E-state index < -0.39 is 0 Å². The van der Waals surface area contributed by atoms with Crippen LogP contribution in [0.2, 0.25) is 0 Å². The van der Waals surface area contributed by atoms with Crippen molar-refractivity contribution in [3.8, 4) is 5.88 Å². The van der Waals surface area contributed by atoms with Gasteiger partial charge in [0, 0.05) is 12.0 Å². The number of aliphatic hydroxyl groups excluding tert-OH is 1. The van der Waals surface area contributed by atoms with Gasteiger partial charge in [0.2, 0.25) is 5.88 Å².